The molecule has 0 fully saturated rings. The fourth-order valence-corrected chi connectivity index (χ4v) is 3.04. The molecule has 2 aromatic carbocycles. The first-order chi connectivity index (χ1) is 13.9. The van der Waals surface area contributed by atoms with E-state index >= 15 is 0 Å². The largest absolute Gasteiger partial charge is 0.497 e. The Morgan fingerprint density at radius 3 is 2.52 bits per heavy atom. The number of amides is 1. The first-order valence-corrected chi connectivity index (χ1v) is 9.08. The molecule has 0 saturated carbocycles. The van der Waals surface area contributed by atoms with Crippen LogP contribution in [0.15, 0.2) is 47.3 Å². The molecule has 0 spiro atoms. The fraction of sp³-hybridized carbons (Fsp3) is 0.200. The van der Waals surface area contributed by atoms with Crippen molar-refractivity contribution < 1.29 is 19.1 Å². The van der Waals surface area contributed by atoms with Crippen LogP contribution in [-0.4, -0.2) is 35.6 Å². The summed E-state index contributed by atoms with van der Waals surface area (Å²) >= 11 is 5.23. The highest BCUT2D eigenvalue weighted by molar-refractivity contribution is 7.71. The lowest BCUT2D eigenvalue weighted by atomic mass is 10.1. The number of nitrogens with zero attached hydrogens (tertiary/aromatic N) is 1. The van der Waals surface area contributed by atoms with Crippen LogP contribution >= 0.6 is 12.2 Å². The minimum absolute atomic E-state index is 0.0871. The molecule has 0 atom stereocenters. The number of methoxy groups -OCH3 is 2. The van der Waals surface area contributed by atoms with Crippen LogP contribution in [0.1, 0.15) is 15.9 Å². The molecule has 9 heteroatoms. The number of aromatic amines is 1. The topological polar surface area (TPSA) is 102 Å². The summed E-state index contributed by atoms with van der Waals surface area (Å²) in [5.74, 6) is -0.148. The highest BCUT2D eigenvalue weighted by Gasteiger charge is 2.12. The lowest BCUT2D eigenvalue weighted by Crippen LogP contribution is -2.33. The maximum Gasteiger partial charge on any atom is 0.337 e. The van der Waals surface area contributed by atoms with Crippen LogP contribution in [0.2, 0.25) is 0 Å². The van der Waals surface area contributed by atoms with E-state index in [1.54, 1.807) is 19.2 Å². The first-order valence-electron chi connectivity index (χ1n) is 8.67. The Balaban J connectivity index is 1.78. The van der Waals surface area contributed by atoms with Crippen molar-refractivity contribution in [1.29, 1.82) is 0 Å². The van der Waals surface area contributed by atoms with Crippen LogP contribution in [0, 0.1) is 4.77 Å². The van der Waals surface area contributed by atoms with E-state index in [-0.39, 0.29) is 17.2 Å². The van der Waals surface area contributed by atoms with Gasteiger partial charge in [0.25, 0.3) is 5.56 Å². The van der Waals surface area contributed by atoms with Crippen molar-refractivity contribution in [3.05, 3.63) is 68.7 Å². The van der Waals surface area contributed by atoms with Crippen LogP contribution in [0.3, 0.4) is 0 Å². The van der Waals surface area contributed by atoms with Gasteiger partial charge in [-0.1, -0.05) is 12.1 Å². The summed E-state index contributed by atoms with van der Waals surface area (Å²) < 4.78 is 11.0. The molecular weight excluding hydrogens is 394 g/mol. The lowest BCUT2D eigenvalue weighted by molar-refractivity contribution is -0.121. The molecular formula is C20H19N3O5S. The zero-order chi connectivity index (χ0) is 21.0. The second-order valence-electron chi connectivity index (χ2n) is 6.20. The van der Waals surface area contributed by atoms with Crippen LogP contribution in [0.4, 0.5) is 0 Å². The average molecular weight is 413 g/mol. The summed E-state index contributed by atoms with van der Waals surface area (Å²) in [6, 6.07) is 11.8. The van der Waals surface area contributed by atoms with Gasteiger partial charge in [-0.25, -0.2) is 4.79 Å². The molecule has 0 unspecified atom stereocenters. The molecule has 0 aliphatic heterocycles. The van der Waals surface area contributed by atoms with Crippen LogP contribution in [-0.2, 0) is 22.6 Å². The Morgan fingerprint density at radius 1 is 1.14 bits per heavy atom. The van der Waals surface area contributed by atoms with Gasteiger partial charge in [0, 0.05) is 6.54 Å². The van der Waals surface area contributed by atoms with Crippen molar-refractivity contribution >= 4 is 35.0 Å². The van der Waals surface area contributed by atoms with E-state index in [0.29, 0.717) is 23.0 Å². The third kappa shape index (κ3) is 4.52. The Hall–Kier alpha value is -3.46. The number of benzene rings is 2. The predicted octanol–water partition coefficient (Wildman–Crippen LogP) is 2.17. The first kappa shape index (κ1) is 20.3. The molecule has 0 bridgehead atoms. The van der Waals surface area contributed by atoms with Crippen molar-refractivity contribution in [3.8, 4) is 5.75 Å². The van der Waals surface area contributed by atoms with Gasteiger partial charge < -0.3 is 19.8 Å². The summed E-state index contributed by atoms with van der Waals surface area (Å²) in [6.45, 7) is 0.0864. The molecule has 1 aromatic heterocycles. The van der Waals surface area contributed by atoms with Gasteiger partial charge in [-0.05, 0) is 48.1 Å². The van der Waals surface area contributed by atoms with E-state index in [0.717, 1.165) is 11.3 Å². The van der Waals surface area contributed by atoms with Crippen LogP contribution in [0.25, 0.3) is 10.9 Å². The number of esters is 1. The molecule has 3 rings (SSSR count). The smallest absolute Gasteiger partial charge is 0.337 e. The molecule has 0 aliphatic carbocycles. The quantitative estimate of drug-likeness (QED) is 0.474. The van der Waals surface area contributed by atoms with Crippen molar-refractivity contribution in [3.63, 3.8) is 0 Å². The van der Waals surface area contributed by atoms with Crippen molar-refractivity contribution in [2.45, 2.75) is 13.1 Å². The molecule has 0 saturated heterocycles. The standard InChI is InChI=1S/C20H19N3O5S/c1-27-14-6-3-12(4-7-14)10-21-17(24)11-23-18(25)15-8-5-13(19(26)28-2)9-16(15)22-20(23)29/h3-9H,10-11H2,1-2H3,(H,21,24)(H,22,29). The molecule has 8 nitrogen and oxygen atoms in total. The Labute approximate surface area is 171 Å². The number of carbonyl (C=O) groups is 2. The number of hydrogen-bond donors (Lipinski definition) is 2. The van der Waals surface area contributed by atoms with Gasteiger partial charge in [0.15, 0.2) is 4.77 Å². The molecule has 150 valence electrons. The van der Waals surface area contributed by atoms with Crippen molar-refractivity contribution in [2.24, 2.45) is 0 Å². The molecule has 1 heterocycles. The minimum atomic E-state index is -0.520. The molecule has 3 aromatic rings. The zero-order valence-electron chi connectivity index (χ0n) is 15.9. The molecule has 29 heavy (non-hydrogen) atoms. The summed E-state index contributed by atoms with van der Waals surface area (Å²) in [5, 5.41) is 3.07. The van der Waals surface area contributed by atoms with Gasteiger partial charge in [-0.3, -0.25) is 14.2 Å². The highest BCUT2D eigenvalue weighted by atomic mass is 32.1. The van der Waals surface area contributed by atoms with E-state index in [4.69, 9.17) is 17.0 Å². The molecule has 2 N–H and O–H groups in total. The minimum Gasteiger partial charge on any atom is -0.497 e. The second kappa shape index (κ2) is 8.70. The summed E-state index contributed by atoms with van der Waals surface area (Å²) in [4.78, 5) is 39.6. The summed E-state index contributed by atoms with van der Waals surface area (Å²) in [6.07, 6.45) is 0. The van der Waals surface area contributed by atoms with Gasteiger partial charge in [-0.2, -0.15) is 0 Å². The van der Waals surface area contributed by atoms with Crippen LogP contribution in [0.5, 0.6) is 5.75 Å². The maximum atomic E-state index is 12.7. The SMILES string of the molecule is COC(=O)c1ccc2c(=O)n(CC(=O)NCc3ccc(OC)cc3)c(=S)[nH]c2c1. The predicted molar refractivity (Wildman–Crippen MR) is 110 cm³/mol. The van der Waals surface area contributed by atoms with Crippen LogP contribution < -0.4 is 15.6 Å². The summed E-state index contributed by atoms with van der Waals surface area (Å²) in [5.41, 5.74) is 1.17. The number of aromatic nitrogens is 2. The van der Waals surface area contributed by atoms with E-state index in [9.17, 15) is 14.4 Å². The third-order valence-electron chi connectivity index (χ3n) is 4.35. The number of H-pyrrole nitrogens is 1. The normalized spacial score (nSPS) is 10.6. The van der Waals surface area contributed by atoms with Gasteiger partial charge >= 0.3 is 5.97 Å². The molecule has 0 radical (unpaired) electrons. The molecule has 0 aliphatic rings. The highest BCUT2D eigenvalue weighted by Crippen LogP contribution is 2.12. The van der Waals surface area contributed by atoms with Gasteiger partial charge in [0.05, 0.1) is 30.7 Å². The number of hydrogen-bond acceptors (Lipinski definition) is 6. The lowest BCUT2D eigenvalue weighted by Gasteiger charge is -2.10. The van der Waals surface area contributed by atoms with E-state index in [1.165, 1.54) is 29.9 Å². The van der Waals surface area contributed by atoms with E-state index in [1.807, 2.05) is 12.1 Å². The number of rotatable bonds is 6. The number of carbonyl (C=O) groups excluding carboxylic acids is 2. The van der Waals surface area contributed by atoms with E-state index in [2.05, 4.69) is 15.0 Å². The zero-order valence-corrected chi connectivity index (χ0v) is 16.7. The third-order valence-corrected chi connectivity index (χ3v) is 4.68. The van der Waals surface area contributed by atoms with Gasteiger partial charge in [0.1, 0.15) is 12.3 Å². The average Bonchev–Trinajstić information content (AvgIpc) is 2.74. The van der Waals surface area contributed by atoms with Gasteiger partial charge in [0.2, 0.25) is 5.91 Å². The van der Waals surface area contributed by atoms with Gasteiger partial charge in [-0.15, -0.1) is 0 Å². The Morgan fingerprint density at radius 2 is 1.86 bits per heavy atom. The number of ether oxygens (including phenoxy) is 2. The number of nitrogens with one attached hydrogen (secondary N) is 2. The Kier molecular flexibility index (Phi) is 6.08. The molecule has 1 amide bonds. The van der Waals surface area contributed by atoms with Crippen molar-refractivity contribution in [1.82, 2.24) is 14.9 Å². The monoisotopic (exact) mass is 413 g/mol. The van der Waals surface area contributed by atoms with Crippen molar-refractivity contribution in [2.75, 3.05) is 14.2 Å². The Bertz CT molecular complexity index is 1180. The number of fused-ring (bicyclic) bond motifs is 1. The fourth-order valence-electron chi connectivity index (χ4n) is 2.79. The van der Waals surface area contributed by atoms with E-state index < -0.39 is 11.5 Å². The summed E-state index contributed by atoms with van der Waals surface area (Å²) in [7, 11) is 2.86. The maximum absolute atomic E-state index is 12.7. The second-order valence-corrected chi connectivity index (χ2v) is 6.58.